The smallest absolute Gasteiger partial charge is 0.193 e. The molecule has 0 bridgehead atoms. The number of hydrogen-bond donors (Lipinski definition) is 0. The van der Waals surface area contributed by atoms with Crippen molar-refractivity contribution in [1.82, 2.24) is 0 Å². The standard InChI is InChI=1S/C15H19NO/c1-8-9(2)11(4)15-12(5)13(6)16(17)7-14(15)10(8)3/h7H,1-6H3. The van der Waals surface area contributed by atoms with Gasteiger partial charge in [0.2, 0.25) is 0 Å². The maximum absolute atomic E-state index is 11.8. The molecule has 0 saturated carbocycles. The van der Waals surface area contributed by atoms with Crippen molar-refractivity contribution in [3.63, 3.8) is 0 Å². The zero-order valence-corrected chi connectivity index (χ0v) is 11.4. The lowest BCUT2D eigenvalue weighted by Gasteiger charge is -2.16. The van der Waals surface area contributed by atoms with E-state index in [1.165, 1.54) is 27.6 Å². The Morgan fingerprint density at radius 3 is 1.88 bits per heavy atom. The molecule has 17 heavy (non-hydrogen) atoms. The van der Waals surface area contributed by atoms with E-state index in [0.717, 1.165) is 21.4 Å². The lowest BCUT2D eigenvalue weighted by atomic mass is 9.90. The lowest BCUT2D eigenvalue weighted by molar-refractivity contribution is -0.611. The molecule has 2 rings (SSSR count). The Balaban J connectivity index is 3.12. The van der Waals surface area contributed by atoms with Gasteiger partial charge >= 0.3 is 0 Å². The minimum Gasteiger partial charge on any atom is -0.618 e. The van der Waals surface area contributed by atoms with Gasteiger partial charge in [-0.3, -0.25) is 0 Å². The highest BCUT2D eigenvalue weighted by molar-refractivity contribution is 5.92. The average Bonchev–Trinajstić information content (AvgIpc) is 2.30. The number of fused-ring (bicyclic) bond motifs is 1. The van der Waals surface area contributed by atoms with Crippen molar-refractivity contribution in [3.8, 4) is 0 Å². The minimum absolute atomic E-state index is 0.795. The summed E-state index contributed by atoms with van der Waals surface area (Å²) in [7, 11) is 0. The summed E-state index contributed by atoms with van der Waals surface area (Å²) in [4.78, 5) is 0. The molecule has 0 N–H and O–H groups in total. The Kier molecular flexibility index (Phi) is 2.61. The topological polar surface area (TPSA) is 26.9 Å². The van der Waals surface area contributed by atoms with Crippen LogP contribution in [0.1, 0.15) is 33.5 Å². The van der Waals surface area contributed by atoms with Crippen LogP contribution < -0.4 is 4.73 Å². The quantitative estimate of drug-likeness (QED) is 0.503. The first-order valence-corrected chi connectivity index (χ1v) is 5.95. The summed E-state index contributed by atoms with van der Waals surface area (Å²) in [6.07, 6.45) is 1.71. The number of hydrogen-bond acceptors (Lipinski definition) is 1. The Hall–Kier alpha value is -1.57. The first kappa shape index (κ1) is 11.9. The van der Waals surface area contributed by atoms with Crippen LogP contribution in [0.15, 0.2) is 6.20 Å². The van der Waals surface area contributed by atoms with E-state index in [4.69, 9.17) is 0 Å². The molecule has 0 saturated heterocycles. The Labute approximate surface area is 102 Å². The van der Waals surface area contributed by atoms with Crippen LogP contribution in [-0.4, -0.2) is 0 Å². The van der Waals surface area contributed by atoms with Gasteiger partial charge < -0.3 is 5.21 Å². The van der Waals surface area contributed by atoms with E-state index in [2.05, 4.69) is 27.7 Å². The van der Waals surface area contributed by atoms with Crippen molar-refractivity contribution >= 4 is 10.8 Å². The van der Waals surface area contributed by atoms with Crippen molar-refractivity contribution in [2.75, 3.05) is 0 Å². The van der Waals surface area contributed by atoms with Gasteiger partial charge in [0.25, 0.3) is 0 Å². The summed E-state index contributed by atoms with van der Waals surface area (Å²) in [6, 6.07) is 0. The molecule has 0 aliphatic heterocycles. The largest absolute Gasteiger partial charge is 0.618 e. The Bertz CT molecular complexity index is 619. The molecule has 1 heterocycles. The molecule has 0 spiro atoms. The highest BCUT2D eigenvalue weighted by Gasteiger charge is 2.16. The van der Waals surface area contributed by atoms with Crippen LogP contribution in [0.5, 0.6) is 0 Å². The Morgan fingerprint density at radius 1 is 0.765 bits per heavy atom. The second-order valence-electron chi connectivity index (χ2n) is 4.95. The molecule has 0 aliphatic carbocycles. The average molecular weight is 229 g/mol. The molecule has 90 valence electrons. The predicted octanol–water partition coefficient (Wildman–Crippen LogP) is 3.32. The van der Waals surface area contributed by atoms with Crippen molar-refractivity contribution in [2.45, 2.75) is 41.5 Å². The maximum Gasteiger partial charge on any atom is 0.193 e. The third-order valence-electron chi connectivity index (χ3n) is 4.23. The van der Waals surface area contributed by atoms with Crippen molar-refractivity contribution in [2.24, 2.45) is 0 Å². The van der Waals surface area contributed by atoms with Gasteiger partial charge in [-0.05, 0) is 56.9 Å². The van der Waals surface area contributed by atoms with Crippen LogP contribution in [0.2, 0.25) is 0 Å². The fourth-order valence-electron chi connectivity index (χ4n) is 2.55. The first-order chi connectivity index (χ1) is 7.86. The van der Waals surface area contributed by atoms with Gasteiger partial charge in [-0.25, -0.2) is 0 Å². The van der Waals surface area contributed by atoms with Crippen molar-refractivity contribution < 1.29 is 4.73 Å². The molecular formula is C15H19NO. The number of aromatic nitrogens is 1. The van der Waals surface area contributed by atoms with Crippen molar-refractivity contribution in [1.29, 1.82) is 0 Å². The normalized spacial score (nSPS) is 11.2. The molecule has 2 nitrogen and oxygen atoms in total. The first-order valence-electron chi connectivity index (χ1n) is 5.95. The van der Waals surface area contributed by atoms with Crippen LogP contribution in [0.25, 0.3) is 10.8 Å². The maximum atomic E-state index is 11.8. The van der Waals surface area contributed by atoms with Gasteiger partial charge in [-0.2, -0.15) is 4.73 Å². The molecule has 0 aliphatic rings. The molecule has 0 unspecified atom stereocenters. The minimum atomic E-state index is 0.795. The molecule has 2 heteroatoms. The van der Waals surface area contributed by atoms with Crippen LogP contribution in [0, 0.1) is 46.7 Å². The van der Waals surface area contributed by atoms with Crippen molar-refractivity contribution in [3.05, 3.63) is 44.9 Å². The van der Waals surface area contributed by atoms with Gasteiger partial charge in [-0.15, -0.1) is 0 Å². The second kappa shape index (κ2) is 3.73. The number of benzene rings is 1. The summed E-state index contributed by atoms with van der Waals surface area (Å²) in [5.41, 5.74) is 7.03. The van der Waals surface area contributed by atoms with E-state index < -0.39 is 0 Å². The van der Waals surface area contributed by atoms with Gasteiger partial charge in [-0.1, -0.05) is 0 Å². The molecule has 0 atom stereocenters. The molecule has 0 amide bonds. The highest BCUT2D eigenvalue weighted by atomic mass is 16.5. The van der Waals surface area contributed by atoms with Gasteiger partial charge in [0, 0.05) is 17.9 Å². The van der Waals surface area contributed by atoms with E-state index in [1.54, 1.807) is 6.20 Å². The summed E-state index contributed by atoms with van der Waals surface area (Å²) in [5, 5.41) is 14.2. The molecule has 1 aromatic carbocycles. The van der Waals surface area contributed by atoms with Crippen LogP contribution in [-0.2, 0) is 0 Å². The molecule has 1 aromatic heterocycles. The summed E-state index contributed by atoms with van der Waals surface area (Å²) in [5.74, 6) is 0. The molecule has 2 aromatic rings. The number of aryl methyl sites for hydroxylation is 3. The monoisotopic (exact) mass is 229 g/mol. The van der Waals surface area contributed by atoms with Gasteiger partial charge in [0.05, 0.1) is 5.39 Å². The van der Waals surface area contributed by atoms with Gasteiger partial charge in [0.15, 0.2) is 11.9 Å². The summed E-state index contributed by atoms with van der Waals surface area (Å²) >= 11 is 0. The molecule has 0 fully saturated rings. The van der Waals surface area contributed by atoms with Gasteiger partial charge in [0.1, 0.15) is 0 Å². The van der Waals surface area contributed by atoms with Crippen LogP contribution in [0.4, 0.5) is 0 Å². The van der Waals surface area contributed by atoms with E-state index in [0.29, 0.717) is 0 Å². The van der Waals surface area contributed by atoms with E-state index in [9.17, 15) is 5.21 Å². The number of pyridine rings is 1. The van der Waals surface area contributed by atoms with E-state index in [1.807, 2.05) is 13.8 Å². The van der Waals surface area contributed by atoms with Crippen LogP contribution in [0.3, 0.4) is 0 Å². The van der Waals surface area contributed by atoms with E-state index >= 15 is 0 Å². The highest BCUT2D eigenvalue weighted by Crippen LogP contribution is 2.30. The fraction of sp³-hybridized carbons (Fsp3) is 0.400. The SMILES string of the molecule is Cc1c(C)c(C)c2c(C)c(C)[n+]([O-])cc2c1C. The van der Waals surface area contributed by atoms with Crippen LogP contribution >= 0.6 is 0 Å². The predicted molar refractivity (Wildman–Crippen MR) is 71.3 cm³/mol. The number of rotatable bonds is 0. The zero-order chi connectivity index (χ0) is 12.9. The Morgan fingerprint density at radius 2 is 1.29 bits per heavy atom. The molecular weight excluding hydrogens is 210 g/mol. The molecule has 0 radical (unpaired) electrons. The summed E-state index contributed by atoms with van der Waals surface area (Å²) < 4.78 is 0.985. The zero-order valence-electron chi connectivity index (χ0n) is 11.4. The third kappa shape index (κ3) is 1.51. The lowest BCUT2D eigenvalue weighted by Crippen LogP contribution is -2.30. The summed E-state index contributed by atoms with van der Waals surface area (Å²) in [6.45, 7) is 12.4. The van der Waals surface area contributed by atoms with E-state index in [-0.39, 0.29) is 0 Å². The second-order valence-corrected chi connectivity index (χ2v) is 4.95. The fourth-order valence-corrected chi connectivity index (χ4v) is 2.55. The number of nitrogens with zero attached hydrogens (tertiary/aromatic N) is 1. The third-order valence-corrected chi connectivity index (χ3v) is 4.23.